The molecule has 1 unspecified atom stereocenters. The molecule has 0 radical (unpaired) electrons. The Hall–Kier alpha value is -2.17. The van der Waals surface area contributed by atoms with Crippen LogP contribution in [0, 0.1) is 0 Å². The molecule has 1 aromatic carbocycles. The average Bonchev–Trinajstić information content (AvgIpc) is 3.45. The van der Waals surface area contributed by atoms with Crippen molar-refractivity contribution >= 4 is 21.8 Å². The number of hydrogen-bond donors (Lipinski definition) is 2. The highest BCUT2D eigenvalue weighted by Crippen LogP contribution is 2.31. The summed E-state index contributed by atoms with van der Waals surface area (Å²) < 4.78 is 31.7. The van der Waals surface area contributed by atoms with Gasteiger partial charge in [-0.1, -0.05) is 0 Å². The fourth-order valence-corrected chi connectivity index (χ4v) is 4.40. The van der Waals surface area contributed by atoms with Crippen molar-refractivity contribution in [2.75, 3.05) is 20.2 Å². The lowest BCUT2D eigenvalue weighted by Gasteiger charge is -2.38. The molecule has 1 aliphatic heterocycles. The van der Waals surface area contributed by atoms with Crippen molar-refractivity contribution in [3.63, 3.8) is 0 Å². The largest absolute Gasteiger partial charge is 0.497 e. The maximum atomic E-state index is 12.9. The molecule has 2 aliphatic rings. The number of methoxy groups -OCH3 is 1. The molecular formula is C15H19N3O6S. The van der Waals surface area contributed by atoms with Crippen LogP contribution in [0.4, 0.5) is 0 Å². The van der Waals surface area contributed by atoms with Crippen LogP contribution < -0.4 is 10.2 Å². The van der Waals surface area contributed by atoms with E-state index < -0.39 is 28.5 Å². The van der Waals surface area contributed by atoms with Gasteiger partial charge >= 0.3 is 0 Å². The van der Waals surface area contributed by atoms with E-state index in [2.05, 4.69) is 0 Å². The topological polar surface area (TPSA) is 116 Å². The monoisotopic (exact) mass is 369 g/mol. The Kier molecular flexibility index (Phi) is 4.67. The Balaban J connectivity index is 1.93. The van der Waals surface area contributed by atoms with Crippen molar-refractivity contribution in [3.05, 3.63) is 24.3 Å². The lowest BCUT2D eigenvalue weighted by molar-refractivity contribution is -0.143. The summed E-state index contributed by atoms with van der Waals surface area (Å²) in [5, 5.41) is 8.97. The predicted octanol–water partition coefficient (Wildman–Crippen LogP) is -0.435. The van der Waals surface area contributed by atoms with Gasteiger partial charge in [-0.3, -0.25) is 14.8 Å². The molecule has 2 amide bonds. The standard InChI is InChI=1S/C15H19N3O6S/c1-24-11-4-6-12(7-5-11)25(22,23)18-9-14(19)17(10-2-3-10)8-13(18)15(20)16-21/h4-7,10,13,21H,2-3,8-9H2,1H3,(H,16,20). The van der Waals surface area contributed by atoms with Crippen LogP contribution in [0.2, 0.25) is 0 Å². The van der Waals surface area contributed by atoms with E-state index in [0.717, 1.165) is 17.1 Å². The second-order valence-electron chi connectivity index (χ2n) is 5.99. The molecule has 0 aromatic heterocycles. The fraction of sp³-hybridized carbons (Fsp3) is 0.467. The summed E-state index contributed by atoms with van der Waals surface area (Å²) in [6.07, 6.45) is 1.68. The summed E-state index contributed by atoms with van der Waals surface area (Å²) in [7, 11) is -2.64. The van der Waals surface area contributed by atoms with Crippen molar-refractivity contribution in [2.45, 2.75) is 29.8 Å². The summed E-state index contributed by atoms with van der Waals surface area (Å²) >= 11 is 0. The van der Waals surface area contributed by atoms with E-state index in [4.69, 9.17) is 9.94 Å². The van der Waals surface area contributed by atoms with Gasteiger partial charge in [0.05, 0.1) is 18.6 Å². The zero-order valence-electron chi connectivity index (χ0n) is 13.6. The first-order chi connectivity index (χ1) is 11.9. The number of nitrogens with one attached hydrogen (secondary N) is 1. The maximum Gasteiger partial charge on any atom is 0.263 e. The molecule has 1 aliphatic carbocycles. The Labute approximate surface area is 145 Å². The number of sulfonamides is 1. The van der Waals surface area contributed by atoms with Crippen LogP contribution in [0.1, 0.15) is 12.8 Å². The molecule has 1 saturated carbocycles. The van der Waals surface area contributed by atoms with E-state index in [1.165, 1.54) is 41.8 Å². The van der Waals surface area contributed by atoms with E-state index in [9.17, 15) is 18.0 Å². The minimum atomic E-state index is -4.09. The summed E-state index contributed by atoms with van der Waals surface area (Å²) in [5.41, 5.74) is 1.50. The summed E-state index contributed by atoms with van der Waals surface area (Å²) in [6, 6.07) is 4.52. The third kappa shape index (κ3) is 3.32. The lowest BCUT2D eigenvalue weighted by atomic mass is 10.2. The van der Waals surface area contributed by atoms with E-state index >= 15 is 0 Å². The molecule has 9 nitrogen and oxygen atoms in total. The second kappa shape index (κ2) is 6.62. The van der Waals surface area contributed by atoms with Gasteiger partial charge in [0.25, 0.3) is 5.91 Å². The second-order valence-corrected chi connectivity index (χ2v) is 7.89. The van der Waals surface area contributed by atoms with Crippen molar-refractivity contribution in [1.82, 2.24) is 14.7 Å². The Bertz CT molecular complexity index is 775. The van der Waals surface area contributed by atoms with Crippen molar-refractivity contribution in [2.24, 2.45) is 0 Å². The molecule has 0 bridgehead atoms. The summed E-state index contributed by atoms with van der Waals surface area (Å²) in [5.74, 6) is -0.727. The number of ether oxygens (including phenoxy) is 1. The molecule has 3 rings (SSSR count). The molecule has 1 aromatic rings. The number of hydroxylamine groups is 1. The van der Waals surface area contributed by atoms with Gasteiger partial charge in [-0.25, -0.2) is 13.9 Å². The number of hydrogen-bond acceptors (Lipinski definition) is 6. The minimum absolute atomic E-state index is 0.0485. The fourth-order valence-electron chi connectivity index (χ4n) is 2.88. The SMILES string of the molecule is COc1ccc(S(=O)(=O)N2CC(=O)N(C3CC3)CC2C(=O)NO)cc1. The number of carbonyl (C=O) groups excluding carboxylic acids is 2. The van der Waals surface area contributed by atoms with Gasteiger partial charge in [0.15, 0.2) is 0 Å². The smallest absolute Gasteiger partial charge is 0.263 e. The van der Waals surface area contributed by atoms with Crippen molar-refractivity contribution in [1.29, 1.82) is 0 Å². The summed E-state index contributed by atoms with van der Waals surface area (Å²) in [6.45, 7) is -0.520. The highest BCUT2D eigenvalue weighted by atomic mass is 32.2. The Morgan fingerprint density at radius 1 is 1.28 bits per heavy atom. The number of amides is 2. The van der Waals surface area contributed by atoms with Gasteiger partial charge in [-0.05, 0) is 37.1 Å². The van der Waals surface area contributed by atoms with E-state index in [1.54, 1.807) is 0 Å². The molecule has 136 valence electrons. The molecule has 1 atom stereocenters. The average molecular weight is 369 g/mol. The van der Waals surface area contributed by atoms with E-state index in [1.807, 2.05) is 0 Å². The van der Waals surface area contributed by atoms with Crippen LogP contribution in [0.5, 0.6) is 5.75 Å². The zero-order valence-corrected chi connectivity index (χ0v) is 14.4. The van der Waals surface area contributed by atoms with E-state index in [-0.39, 0.29) is 23.4 Å². The van der Waals surface area contributed by atoms with Crippen molar-refractivity contribution in [3.8, 4) is 5.75 Å². The minimum Gasteiger partial charge on any atom is -0.497 e. The number of carbonyl (C=O) groups is 2. The van der Waals surface area contributed by atoms with Gasteiger partial charge < -0.3 is 9.64 Å². The van der Waals surface area contributed by atoms with Gasteiger partial charge in [-0.15, -0.1) is 0 Å². The first kappa shape index (κ1) is 17.6. The number of benzene rings is 1. The molecule has 0 spiro atoms. The molecule has 10 heteroatoms. The zero-order chi connectivity index (χ0) is 18.2. The van der Waals surface area contributed by atoms with Crippen LogP contribution in [0.25, 0.3) is 0 Å². The molecule has 2 N–H and O–H groups in total. The molecule has 1 saturated heterocycles. The lowest BCUT2D eigenvalue weighted by Crippen LogP contribution is -2.62. The van der Waals surface area contributed by atoms with Gasteiger partial charge in [0, 0.05) is 12.6 Å². The van der Waals surface area contributed by atoms with Crippen LogP contribution in [0.3, 0.4) is 0 Å². The maximum absolute atomic E-state index is 12.9. The number of rotatable bonds is 5. The predicted molar refractivity (Wildman–Crippen MR) is 85.3 cm³/mol. The Morgan fingerprint density at radius 3 is 2.44 bits per heavy atom. The first-order valence-corrected chi connectivity index (χ1v) is 9.22. The van der Waals surface area contributed by atoms with Crippen LogP contribution in [-0.4, -0.2) is 66.9 Å². The molecule has 2 fully saturated rings. The summed E-state index contributed by atoms with van der Waals surface area (Å²) in [4.78, 5) is 25.8. The highest BCUT2D eigenvalue weighted by Gasteiger charge is 2.46. The van der Waals surface area contributed by atoms with E-state index in [0.29, 0.717) is 5.75 Å². The van der Waals surface area contributed by atoms with Crippen LogP contribution >= 0.6 is 0 Å². The molecule has 25 heavy (non-hydrogen) atoms. The highest BCUT2D eigenvalue weighted by molar-refractivity contribution is 7.89. The van der Waals surface area contributed by atoms with Crippen molar-refractivity contribution < 1.29 is 28.0 Å². The quantitative estimate of drug-likeness (QED) is 0.537. The van der Waals surface area contributed by atoms with Gasteiger partial charge in [-0.2, -0.15) is 4.31 Å². The number of nitrogens with zero attached hydrogens (tertiary/aromatic N) is 2. The molecule has 1 heterocycles. The third-order valence-corrected chi connectivity index (χ3v) is 6.26. The first-order valence-electron chi connectivity index (χ1n) is 7.78. The Morgan fingerprint density at radius 2 is 1.92 bits per heavy atom. The molecular weight excluding hydrogens is 350 g/mol. The van der Waals surface area contributed by atoms with Crippen LogP contribution in [-0.2, 0) is 19.6 Å². The van der Waals surface area contributed by atoms with Crippen LogP contribution in [0.15, 0.2) is 29.2 Å². The normalized spacial score (nSPS) is 21.9. The number of piperazine rings is 1. The van der Waals surface area contributed by atoms with Gasteiger partial charge in [0.1, 0.15) is 11.8 Å². The third-order valence-electron chi connectivity index (χ3n) is 4.40. The van der Waals surface area contributed by atoms with Gasteiger partial charge in [0.2, 0.25) is 15.9 Å².